The highest BCUT2D eigenvalue weighted by Crippen LogP contribution is 2.19. The van der Waals surface area contributed by atoms with Crippen molar-refractivity contribution in [2.45, 2.75) is 70.3 Å². The molecule has 5 atom stereocenters. The lowest BCUT2D eigenvalue weighted by Gasteiger charge is -2.30. The summed E-state index contributed by atoms with van der Waals surface area (Å²) in [6.45, 7) is 5.08. The molecule has 1 aromatic rings. The number of aromatic amines is 1. The van der Waals surface area contributed by atoms with Crippen molar-refractivity contribution < 1.29 is 29.4 Å². The Kier molecular flexibility index (Phi) is 8.72. The zero-order valence-electron chi connectivity index (χ0n) is 18.4. The number of imidazole rings is 1. The van der Waals surface area contributed by atoms with Crippen molar-refractivity contribution in [3.8, 4) is 0 Å². The smallest absolute Gasteiger partial charge is 0.326 e. The minimum Gasteiger partial charge on any atom is -0.480 e. The van der Waals surface area contributed by atoms with Crippen molar-refractivity contribution in [2.24, 2.45) is 11.7 Å². The summed E-state index contributed by atoms with van der Waals surface area (Å²) in [6, 6.07) is -4.33. The average molecular weight is 453 g/mol. The third kappa shape index (κ3) is 6.26. The van der Waals surface area contributed by atoms with Gasteiger partial charge in [-0.05, 0) is 25.7 Å². The largest absolute Gasteiger partial charge is 0.480 e. The number of amides is 3. The second-order valence-corrected chi connectivity index (χ2v) is 8.37. The number of carbonyl (C=O) groups is 4. The van der Waals surface area contributed by atoms with E-state index in [1.807, 2.05) is 0 Å². The molecule has 0 radical (unpaired) electrons. The van der Waals surface area contributed by atoms with E-state index in [9.17, 15) is 29.4 Å². The van der Waals surface area contributed by atoms with E-state index in [0.29, 0.717) is 18.5 Å². The lowest BCUT2D eigenvalue weighted by molar-refractivity contribution is -0.150. The lowest BCUT2D eigenvalue weighted by atomic mass is 10.0. The van der Waals surface area contributed by atoms with Crippen molar-refractivity contribution in [2.75, 3.05) is 6.54 Å². The van der Waals surface area contributed by atoms with Crippen LogP contribution in [0.3, 0.4) is 0 Å². The minimum atomic E-state index is -1.37. The number of hydrogen-bond acceptors (Lipinski definition) is 7. The number of carboxylic acid groups (broad SMARTS) is 1. The van der Waals surface area contributed by atoms with E-state index in [1.165, 1.54) is 19.4 Å². The van der Waals surface area contributed by atoms with Gasteiger partial charge in [-0.25, -0.2) is 9.78 Å². The van der Waals surface area contributed by atoms with E-state index in [2.05, 4.69) is 20.6 Å². The van der Waals surface area contributed by atoms with Gasteiger partial charge >= 0.3 is 5.97 Å². The van der Waals surface area contributed by atoms with Crippen LogP contribution < -0.4 is 16.4 Å². The first kappa shape index (κ1) is 25.3. The van der Waals surface area contributed by atoms with Gasteiger partial charge in [0.2, 0.25) is 17.7 Å². The molecular weight excluding hydrogens is 420 g/mol. The van der Waals surface area contributed by atoms with Crippen LogP contribution in [0.15, 0.2) is 12.5 Å². The lowest BCUT2D eigenvalue weighted by Crippen LogP contribution is -2.60. The van der Waals surface area contributed by atoms with Gasteiger partial charge in [0.05, 0.1) is 18.5 Å². The van der Waals surface area contributed by atoms with Crippen molar-refractivity contribution in [3.63, 3.8) is 0 Å². The fourth-order valence-electron chi connectivity index (χ4n) is 3.50. The van der Waals surface area contributed by atoms with Crippen LogP contribution >= 0.6 is 0 Å². The predicted octanol–water partition coefficient (Wildman–Crippen LogP) is -1.64. The van der Waals surface area contributed by atoms with Gasteiger partial charge in [0.25, 0.3) is 0 Å². The molecule has 1 saturated heterocycles. The Morgan fingerprint density at radius 3 is 2.47 bits per heavy atom. The fraction of sp³-hybridized carbons (Fsp3) is 0.650. The van der Waals surface area contributed by atoms with Crippen LogP contribution in [0.4, 0.5) is 0 Å². The molecule has 7 N–H and O–H groups in total. The highest BCUT2D eigenvalue weighted by molar-refractivity contribution is 5.94. The van der Waals surface area contributed by atoms with Crippen LogP contribution in [0.5, 0.6) is 0 Å². The molecule has 0 aromatic carbocycles. The molecule has 178 valence electrons. The fourth-order valence-corrected chi connectivity index (χ4v) is 3.50. The highest BCUT2D eigenvalue weighted by Gasteiger charge is 2.40. The molecule has 0 saturated carbocycles. The molecule has 3 amide bonds. The molecule has 1 aromatic heterocycles. The van der Waals surface area contributed by atoms with Gasteiger partial charge in [-0.3, -0.25) is 14.4 Å². The van der Waals surface area contributed by atoms with Crippen LogP contribution in [0.2, 0.25) is 0 Å². The monoisotopic (exact) mass is 452 g/mol. The third-order valence-corrected chi connectivity index (χ3v) is 5.50. The number of H-pyrrole nitrogens is 1. The second kappa shape index (κ2) is 11.0. The quantitative estimate of drug-likeness (QED) is 0.243. The van der Waals surface area contributed by atoms with Crippen LogP contribution in [0.1, 0.15) is 39.3 Å². The number of hydrogen-bond donors (Lipinski definition) is 6. The summed E-state index contributed by atoms with van der Waals surface area (Å²) in [5.74, 6) is -3.25. The first-order valence-electron chi connectivity index (χ1n) is 10.6. The second-order valence-electron chi connectivity index (χ2n) is 8.37. The molecule has 0 spiro atoms. The molecular formula is C20H32N6O6. The minimum absolute atomic E-state index is 0.0462. The van der Waals surface area contributed by atoms with Crippen LogP contribution in [0, 0.1) is 5.92 Å². The van der Waals surface area contributed by atoms with E-state index in [-0.39, 0.29) is 18.9 Å². The predicted molar refractivity (Wildman–Crippen MR) is 113 cm³/mol. The van der Waals surface area contributed by atoms with Crippen molar-refractivity contribution in [1.82, 2.24) is 25.5 Å². The molecule has 1 fully saturated rings. The molecule has 32 heavy (non-hydrogen) atoms. The summed E-state index contributed by atoms with van der Waals surface area (Å²) in [5.41, 5.74) is 6.45. The van der Waals surface area contributed by atoms with Gasteiger partial charge in [0, 0.05) is 24.9 Å². The van der Waals surface area contributed by atoms with Gasteiger partial charge < -0.3 is 36.5 Å². The van der Waals surface area contributed by atoms with Crippen molar-refractivity contribution in [1.29, 1.82) is 0 Å². The zero-order valence-corrected chi connectivity index (χ0v) is 18.4. The Labute approximate surface area is 185 Å². The molecule has 0 aliphatic carbocycles. The van der Waals surface area contributed by atoms with Crippen LogP contribution in [-0.2, 0) is 25.6 Å². The normalized spacial score (nSPS) is 19.8. The maximum absolute atomic E-state index is 13.0. The molecule has 0 bridgehead atoms. The number of aliphatic carboxylic acids is 1. The number of nitrogens with one attached hydrogen (secondary N) is 3. The molecule has 1 aliphatic heterocycles. The van der Waals surface area contributed by atoms with Gasteiger partial charge in [-0.1, -0.05) is 13.8 Å². The average Bonchev–Trinajstić information content (AvgIpc) is 3.41. The van der Waals surface area contributed by atoms with E-state index >= 15 is 0 Å². The summed E-state index contributed by atoms with van der Waals surface area (Å²) in [6.07, 6.45) is 2.48. The number of nitrogens with zero attached hydrogens (tertiary/aromatic N) is 2. The van der Waals surface area contributed by atoms with Gasteiger partial charge in [0.1, 0.15) is 18.1 Å². The van der Waals surface area contributed by atoms with E-state index in [0.717, 1.165) is 4.90 Å². The summed E-state index contributed by atoms with van der Waals surface area (Å²) < 4.78 is 0. The third-order valence-electron chi connectivity index (χ3n) is 5.50. The van der Waals surface area contributed by atoms with Gasteiger partial charge in [-0.2, -0.15) is 0 Å². The number of nitrogens with two attached hydrogens (primary N) is 1. The van der Waals surface area contributed by atoms with E-state index < -0.39 is 54.0 Å². The van der Waals surface area contributed by atoms with Crippen molar-refractivity contribution >= 4 is 23.7 Å². The number of carboxylic acids is 1. The highest BCUT2D eigenvalue weighted by atomic mass is 16.4. The Morgan fingerprint density at radius 2 is 1.94 bits per heavy atom. The Balaban J connectivity index is 2.19. The van der Waals surface area contributed by atoms with E-state index in [4.69, 9.17) is 5.73 Å². The molecule has 2 rings (SSSR count). The topological polar surface area (TPSA) is 191 Å². The Morgan fingerprint density at radius 1 is 1.25 bits per heavy atom. The number of rotatable bonds is 10. The standard InChI is InChI=1S/C20H32N6O6/c1-10(2)15(21)18(29)24-13(7-12-8-22-9-23-12)17(28)25-16(11(3)27)19(30)26-6-4-5-14(26)20(31)32/h8-11,13-16,27H,4-7,21H2,1-3H3,(H,22,23)(H,24,29)(H,25,28)(H,31,32). The summed E-state index contributed by atoms with van der Waals surface area (Å²) >= 11 is 0. The number of aromatic nitrogens is 2. The van der Waals surface area contributed by atoms with Crippen LogP contribution in [0.25, 0.3) is 0 Å². The van der Waals surface area contributed by atoms with Gasteiger partial charge in [0.15, 0.2) is 0 Å². The van der Waals surface area contributed by atoms with Crippen LogP contribution in [-0.4, -0.2) is 85.6 Å². The summed E-state index contributed by atoms with van der Waals surface area (Å²) in [4.78, 5) is 57.8. The molecule has 1 aliphatic rings. The summed E-state index contributed by atoms with van der Waals surface area (Å²) in [7, 11) is 0. The number of likely N-dealkylation sites (tertiary alicyclic amines) is 1. The number of aliphatic hydroxyl groups is 1. The molecule has 5 unspecified atom stereocenters. The van der Waals surface area contributed by atoms with Gasteiger partial charge in [-0.15, -0.1) is 0 Å². The first-order chi connectivity index (χ1) is 15.0. The molecule has 12 heteroatoms. The maximum atomic E-state index is 13.0. The first-order valence-corrected chi connectivity index (χ1v) is 10.6. The van der Waals surface area contributed by atoms with E-state index in [1.54, 1.807) is 13.8 Å². The summed E-state index contributed by atoms with van der Waals surface area (Å²) in [5, 5.41) is 24.6. The van der Waals surface area contributed by atoms with Crippen molar-refractivity contribution in [3.05, 3.63) is 18.2 Å². The molecule has 12 nitrogen and oxygen atoms in total. The SMILES string of the molecule is CC(C)C(N)C(=O)NC(Cc1cnc[nH]1)C(=O)NC(C(=O)N1CCCC1C(=O)O)C(C)O. The maximum Gasteiger partial charge on any atom is 0.326 e. The Hall–Kier alpha value is -2.99. The number of carbonyl (C=O) groups excluding carboxylic acids is 3. The molecule has 2 heterocycles. The zero-order chi connectivity index (χ0) is 24.0. The Bertz CT molecular complexity index is 812. The number of aliphatic hydroxyl groups excluding tert-OH is 1.